The maximum absolute atomic E-state index is 12.1. The van der Waals surface area contributed by atoms with Crippen LogP contribution in [0.25, 0.3) is 0 Å². The summed E-state index contributed by atoms with van der Waals surface area (Å²) in [5.74, 6) is 0.159. The van der Waals surface area contributed by atoms with Crippen LogP contribution >= 0.6 is 15.9 Å². The van der Waals surface area contributed by atoms with E-state index < -0.39 is 0 Å². The van der Waals surface area contributed by atoms with Gasteiger partial charge in [0.15, 0.2) is 0 Å². The summed E-state index contributed by atoms with van der Waals surface area (Å²) in [6.07, 6.45) is 1.56. The molecule has 0 radical (unpaired) electrons. The number of benzene rings is 1. The van der Waals surface area contributed by atoms with Gasteiger partial charge in [0.05, 0.1) is 5.69 Å². The van der Waals surface area contributed by atoms with Crippen molar-refractivity contribution in [2.45, 2.75) is 33.2 Å². The number of amides is 1. The third-order valence-corrected chi connectivity index (χ3v) is 3.40. The average Bonchev–Trinajstić information content (AvgIpc) is 2.40. The van der Waals surface area contributed by atoms with E-state index in [9.17, 15) is 4.79 Å². The van der Waals surface area contributed by atoms with E-state index >= 15 is 0 Å². The lowest BCUT2D eigenvalue weighted by Gasteiger charge is -2.20. The highest BCUT2D eigenvalue weighted by Gasteiger charge is 2.16. The minimum absolute atomic E-state index is 0.221. The van der Waals surface area contributed by atoms with E-state index in [1.807, 2.05) is 45.9 Å². The number of hydrogen-bond donors (Lipinski definition) is 2. The zero-order valence-electron chi connectivity index (χ0n) is 13.1. The van der Waals surface area contributed by atoms with E-state index in [1.165, 1.54) is 0 Å². The van der Waals surface area contributed by atoms with Crippen LogP contribution in [-0.4, -0.2) is 21.4 Å². The molecular formula is C16H19BrN4O. The Balaban J connectivity index is 2.20. The highest BCUT2D eigenvalue weighted by molar-refractivity contribution is 9.10. The maximum atomic E-state index is 12.1. The first-order chi connectivity index (χ1) is 10.2. The fourth-order valence-corrected chi connectivity index (χ4v) is 2.38. The first-order valence-corrected chi connectivity index (χ1v) is 7.73. The van der Waals surface area contributed by atoms with E-state index in [4.69, 9.17) is 0 Å². The van der Waals surface area contributed by atoms with Gasteiger partial charge in [-0.1, -0.05) is 6.07 Å². The van der Waals surface area contributed by atoms with Gasteiger partial charge in [0.1, 0.15) is 5.69 Å². The van der Waals surface area contributed by atoms with Gasteiger partial charge in [0.25, 0.3) is 5.91 Å². The molecule has 0 aliphatic rings. The van der Waals surface area contributed by atoms with Crippen molar-refractivity contribution in [3.8, 4) is 0 Å². The van der Waals surface area contributed by atoms with E-state index in [0.717, 1.165) is 15.7 Å². The van der Waals surface area contributed by atoms with Crippen LogP contribution in [0.5, 0.6) is 0 Å². The molecule has 2 rings (SSSR count). The topological polar surface area (TPSA) is 66.9 Å². The molecule has 0 spiro atoms. The van der Waals surface area contributed by atoms with Gasteiger partial charge in [-0.2, -0.15) is 0 Å². The van der Waals surface area contributed by atoms with Crippen molar-refractivity contribution < 1.29 is 4.79 Å². The number of carbonyl (C=O) groups excluding carboxylic acids is 1. The van der Waals surface area contributed by atoms with Crippen LogP contribution < -0.4 is 10.6 Å². The lowest BCUT2D eigenvalue weighted by atomic mass is 10.1. The smallest absolute Gasteiger partial charge is 0.270 e. The van der Waals surface area contributed by atoms with Crippen LogP contribution in [0.1, 0.15) is 36.8 Å². The standard InChI is InChI=1S/C16H19BrN4O/c1-10-5-6-12(11(17)9-10)19-15-18-8-7-13(20-15)14(22)21-16(2,3)4/h5-9H,1-4H3,(H,21,22)(H,18,19,20). The van der Waals surface area contributed by atoms with Crippen molar-refractivity contribution in [1.29, 1.82) is 0 Å². The Morgan fingerprint density at radius 1 is 1.23 bits per heavy atom. The monoisotopic (exact) mass is 362 g/mol. The second-order valence-corrected chi connectivity index (χ2v) is 6.93. The predicted octanol–water partition coefficient (Wildman–Crippen LogP) is 3.82. The quantitative estimate of drug-likeness (QED) is 0.870. The minimum atomic E-state index is -0.310. The zero-order valence-corrected chi connectivity index (χ0v) is 14.7. The van der Waals surface area contributed by atoms with Gasteiger partial charge in [0.2, 0.25) is 5.95 Å². The number of hydrogen-bond acceptors (Lipinski definition) is 4. The lowest BCUT2D eigenvalue weighted by molar-refractivity contribution is 0.0914. The lowest BCUT2D eigenvalue weighted by Crippen LogP contribution is -2.41. The molecule has 0 saturated carbocycles. The summed E-state index contributed by atoms with van der Waals surface area (Å²) in [5, 5.41) is 5.99. The van der Waals surface area contributed by atoms with E-state index in [2.05, 4.69) is 36.5 Å². The molecule has 0 unspecified atom stereocenters. The normalized spacial score (nSPS) is 11.1. The molecule has 0 aliphatic heterocycles. The molecule has 116 valence electrons. The molecule has 1 heterocycles. The Labute approximate surface area is 138 Å². The molecule has 1 aromatic carbocycles. The van der Waals surface area contributed by atoms with Gasteiger partial charge >= 0.3 is 0 Å². The van der Waals surface area contributed by atoms with E-state index in [0.29, 0.717) is 11.6 Å². The van der Waals surface area contributed by atoms with Gasteiger partial charge < -0.3 is 10.6 Å². The second-order valence-electron chi connectivity index (χ2n) is 6.08. The summed E-state index contributed by atoms with van der Waals surface area (Å²) in [6, 6.07) is 7.52. The van der Waals surface area contributed by atoms with Crippen molar-refractivity contribution >= 4 is 33.5 Å². The average molecular weight is 363 g/mol. The number of aryl methyl sites for hydroxylation is 1. The molecule has 0 bridgehead atoms. The van der Waals surface area contributed by atoms with Crippen LogP contribution in [0.3, 0.4) is 0 Å². The summed E-state index contributed by atoms with van der Waals surface area (Å²) in [7, 11) is 0. The Morgan fingerprint density at radius 3 is 2.59 bits per heavy atom. The fraction of sp³-hybridized carbons (Fsp3) is 0.312. The summed E-state index contributed by atoms with van der Waals surface area (Å²) < 4.78 is 0.917. The molecule has 2 N–H and O–H groups in total. The molecule has 0 fully saturated rings. The Bertz CT molecular complexity index is 695. The first-order valence-electron chi connectivity index (χ1n) is 6.93. The molecule has 1 aromatic heterocycles. The molecule has 2 aromatic rings. The Morgan fingerprint density at radius 2 is 1.95 bits per heavy atom. The van der Waals surface area contributed by atoms with Crippen LogP contribution in [0.4, 0.5) is 11.6 Å². The number of aromatic nitrogens is 2. The largest absolute Gasteiger partial charge is 0.346 e. The Kier molecular flexibility index (Phi) is 4.81. The molecule has 0 saturated heterocycles. The van der Waals surface area contributed by atoms with Gasteiger partial charge in [-0.15, -0.1) is 0 Å². The number of rotatable bonds is 3. The molecular weight excluding hydrogens is 344 g/mol. The first kappa shape index (κ1) is 16.4. The number of carbonyl (C=O) groups is 1. The predicted molar refractivity (Wildman–Crippen MR) is 91.4 cm³/mol. The molecule has 0 aliphatic carbocycles. The third kappa shape index (κ3) is 4.53. The van der Waals surface area contributed by atoms with Crippen LogP contribution in [0.2, 0.25) is 0 Å². The van der Waals surface area contributed by atoms with Gasteiger partial charge in [-0.3, -0.25) is 4.79 Å². The van der Waals surface area contributed by atoms with Crippen molar-refractivity contribution in [3.63, 3.8) is 0 Å². The van der Waals surface area contributed by atoms with Crippen LogP contribution in [0.15, 0.2) is 34.9 Å². The number of nitrogens with one attached hydrogen (secondary N) is 2. The van der Waals surface area contributed by atoms with Crippen molar-refractivity contribution in [2.24, 2.45) is 0 Å². The van der Waals surface area contributed by atoms with Crippen molar-refractivity contribution in [3.05, 3.63) is 46.2 Å². The van der Waals surface area contributed by atoms with Crippen LogP contribution in [0, 0.1) is 6.92 Å². The maximum Gasteiger partial charge on any atom is 0.270 e. The summed E-state index contributed by atoms with van der Waals surface area (Å²) in [4.78, 5) is 20.6. The van der Waals surface area contributed by atoms with E-state index in [1.54, 1.807) is 12.3 Å². The second kappa shape index (κ2) is 6.44. The molecule has 6 heteroatoms. The number of nitrogens with zero attached hydrogens (tertiary/aromatic N) is 2. The van der Waals surface area contributed by atoms with Gasteiger partial charge in [-0.25, -0.2) is 9.97 Å². The number of halogens is 1. The fourth-order valence-electron chi connectivity index (χ4n) is 1.79. The zero-order chi connectivity index (χ0) is 16.3. The Hall–Kier alpha value is -1.95. The summed E-state index contributed by atoms with van der Waals surface area (Å²) in [6.45, 7) is 7.79. The SMILES string of the molecule is Cc1ccc(Nc2nccc(C(=O)NC(C)(C)C)n2)c(Br)c1. The highest BCUT2D eigenvalue weighted by Crippen LogP contribution is 2.25. The summed E-state index contributed by atoms with van der Waals surface area (Å²) in [5.41, 5.74) is 2.02. The minimum Gasteiger partial charge on any atom is -0.346 e. The summed E-state index contributed by atoms with van der Waals surface area (Å²) >= 11 is 3.49. The highest BCUT2D eigenvalue weighted by atomic mass is 79.9. The third-order valence-electron chi connectivity index (χ3n) is 2.75. The van der Waals surface area contributed by atoms with Gasteiger partial charge in [-0.05, 0) is 67.4 Å². The number of anilines is 2. The van der Waals surface area contributed by atoms with Crippen LogP contribution in [-0.2, 0) is 0 Å². The molecule has 1 amide bonds. The van der Waals surface area contributed by atoms with Gasteiger partial charge in [0, 0.05) is 16.2 Å². The molecule has 22 heavy (non-hydrogen) atoms. The molecule has 0 atom stereocenters. The van der Waals surface area contributed by atoms with E-state index in [-0.39, 0.29) is 11.4 Å². The van der Waals surface area contributed by atoms with Crippen molar-refractivity contribution in [2.75, 3.05) is 5.32 Å². The molecule has 5 nitrogen and oxygen atoms in total. The van der Waals surface area contributed by atoms with Crippen molar-refractivity contribution in [1.82, 2.24) is 15.3 Å².